The van der Waals surface area contributed by atoms with Gasteiger partial charge in [0.05, 0.1) is 26.5 Å². The van der Waals surface area contributed by atoms with Gasteiger partial charge in [-0.25, -0.2) is 4.79 Å². The number of nitrogens with one attached hydrogen (secondary N) is 1. The number of aromatic amines is 1. The van der Waals surface area contributed by atoms with Crippen LogP contribution in [0, 0.1) is 0 Å². The van der Waals surface area contributed by atoms with Crippen LogP contribution in [0.25, 0.3) is 11.3 Å². The normalized spacial score (nSPS) is 10.4. The van der Waals surface area contributed by atoms with Gasteiger partial charge in [-0.1, -0.05) is 0 Å². The average Bonchev–Trinajstić information content (AvgIpc) is 2.97. The van der Waals surface area contributed by atoms with Gasteiger partial charge in [-0.2, -0.15) is 5.10 Å². The number of nitrogens with zero attached hydrogens (tertiary/aromatic N) is 1. The van der Waals surface area contributed by atoms with Crippen molar-refractivity contribution >= 4 is 5.97 Å². The minimum atomic E-state index is -1.07. The molecule has 7 nitrogen and oxygen atoms in total. The molecule has 0 amide bonds. The lowest BCUT2D eigenvalue weighted by Gasteiger charge is -2.13. The SMILES string of the molecule is COCc1cc(OC)c(OC)cc1-c1cc(C(=O)O)[nH]n1. The molecule has 0 fully saturated rings. The van der Waals surface area contributed by atoms with Gasteiger partial charge < -0.3 is 19.3 Å². The van der Waals surface area contributed by atoms with Crippen molar-refractivity contribution < 1.29 is 24.1 Å². The van der Waals surface area contributed by atoms with Gasteiger partial charge in [-0.15, -0.1) is 0 Å². The third kappa shape index (κ3) is 2.97. The van der Waals surface area contributed by atoms with Crippen LogP contribution < -0.4 is 9.47 Å². The van der Waals surface area contributed by atoms with E-state index in [1.165, 1.54) is 13.2 Å². The molecule has 2 N–H and O–H groups in total. The molecule has 1 aromatic heterocycles. The maximum absolute atomic E-state index is 10.9. The second-order valence-corrected chi connectivity index (χ2v) is 4.27. The highest BCUT2D eigenvalue weighted by molar-refractivity contribution is 5.87. The first-order valence-electron chi connectivity index (χ1n) is 6.13. The molecular weight excluding hydrogens is 276 g/mol. The van der Waals surface area contributed by atoms with Crippen molar-refractivity contribution in [1.29, 1.82) is 0 Å². The molecule has 1 heterocycles. The Bertz CT molecular complexity index is 651. The van der Waals surface area contributed by atoms with Gasteiger partial charge in [0, 0.05) is 12.7 Å². The number of carboxylic acids is 1. The fourth-order valence-electron chi connectivity index (χ4n) is 2.00. The monoisotopic (exact) mass is 292 g/mol. The summed E-state index contributed by atoms with van der Waals surface area (Å²) in [6.45, 7) is 0.338. The number of carboxylic acid groups (broad SMARTS) is 1. The molecule has 0 spiro atoms. The number of hydrogen-bond donors (Lipinski definition) is 2. The van der Waals surface area contributed by atoms with Gasteiger partial charge >= 0.3 is 5.97 Å². The van der Waals surface area contributed by atoms with Gasteiger partial charge in [0.1, 0.15) is 5.69 Å². The quantitative estimate of drug-likeness (QED) is 0.845. The first-order chi connectivity index (χ1) is 10.1. The lowest BCUT2D eigenvalue weighted by molar-refractivity contribution is 0.0690. The summed E-state index contributed by atoms with van der Waals surface area (Å²) in [5.41, 5.74) is 2.06. The van der Waals surface area contributed by atoms with Crippen LogP contribution >= 0.6 is 0 Å². The summed E-state index contributed by atoms with van der Waals surface area (Å²) in [5, 5.41) is 15.5. The smallest absolute Gasteiger partial charge is 0.353 e. The minimum absolute atomic E-state index is 0.0168. The lowest BCUT2D eigenvalue weighted by Crippen LogP contribution is -1.97. The first-order valence-corrected chi connectivity index (χ1v) is 6.13. The molecule has 0 saturated heterocycles. The van der Waals surface area contributed by atoms with Crippen molar-refractivity contribution in [2.24, 2.45) is 0 Å². The van der Waals surface area contributed by atoms with E-state index in [2.05, 4.69) is 10.2 Å². The maximum Gasteiger partial charge on any atom is 0.353 e. The Labute approximate surface area is 121 Å². The summed E-state index contributed by atoms with van der Waals surface area (Å²) in [6.07, 6.45) is 0. The summed E-state index contributed by atoms with van der Waals surface area (Å²) in [5.74, 6) is 0.0389. The summed E-state index contributed by atoms with van der Waals surface area (Å²) >= 11 is 0. The highest BCUT2D eigenvalue weighted by Crippen LogP contribution is 2.35. The number of aromatic nitrogens is 2. The first kappa shape index (κ1) is 14.9. The van der Waals surface area contributed by atoms with E-state index >= 15 is 0 Å². The van der Waals surface area contributed by atoms with Crippen LogP contribution in [-0.2, 0) is 11.3 Å². The van der Waals surface area contributed by atoms with Crippen LogP contribution in [0.2, 0.25) is 0 Å². The molecule has 0 unspecified atom stereocenters. The Morgan fingerprint density at radius 2 is 1.86 bits per heavy atom. The second kappa shape index (κ2) is 6.27. The van der Waals surface area contributed by atoms with Gasteiger partial charge in [-0.3, -0.25) is 5.10 Å². The summed E-state index contributed by atoms with van der Waals surface area (Å²) in [7, 11) is 4.66. The van der Waals surface area contributed by atoms with Crippen molar-refractivity contribution in [2.45, 2.75) is 6.61 Å². The molecule has 112 valence electrons. The van der Waals surface area contributed by atoms with Crippen molar-refractivity contribution in [3.8, 4) is 22.8 Å². The highest BCUT2D eigenvalue weighted by atomic mass is 16.5. The van der Waals surface area contributed by atoms with Gasteiger partial charge in [0.2, 0.25) is 0 Å². The van der Waals surface area contributed by atoms with Crippen molar-refractivity contribution in [3.05, 3.63) is 29.5 Å². The fourth-order valence-corrected chi connectivity index (χ4v) is 2.00. The second-order valence-electron chi connectivity index (χ2n) is 4.27. The number of H-pyrrole nitrogens is 1. The van der Waals surface area contributed by atoms with Crippen LogP contribution in [0.5, 0.6) is 11.5 Å². The molecule has 0 radical (unpaired) electrons. The lowest BCUT2D eigenvalue weighted by atomic mass is 10.0. The molecule has 0 aliphatic heterocycles. The summed E-state index contributed by atoms with van der Waals surface area (Å²) < 4.78 is 15.7. The highest BCUT2D eigenvalue weighted by Gasteiger charge is 2.16. The number of methoxy groups -OCH3 is 3. The van der Waals surface area contributed by atoms with E-state index in [4.69, 9.17) is 19.3 Å². The zero-order valence-electron chi connectivity index (χ0n) is 12.0. The molecule has 1 aromatic carbocycles. The molecule has 7 heteroatoms. The Hall–Kier alpha value is -2.54. The standard InChI is InChI=1S/C14H16N2O5/c1-19-7-8-4-12(20-2)13(21-3)5-9(8)10-6-11(14(17)18)16-15-10/h4-6H,7H2,1-3H3,(H,15,16)(H,17,18). The molecule has 0 aliphatic carbocycles. The molecule has 0 aliphatic rings. The molecular formula is C14H16N2O5. The van der Waals surface area contributed by atoms with E-state index in [-0.39, 0.29) is 5.69 Å². The number of rotatable bonds is 6. The van der Waals surface area contributed by atoms with E-state index < -0.39 is 5.97 Å². The van der Waals surface area contributed by atoms with Crippen LogP contribution in [-0.4, -0.2) is 42.6 Å². The van der Waals surface area contributed by atoms with Crippen molar-refractivity contribution in [1.82, 2.24) is 10.2 Å². The van der Waals surface area contributed by atoms with Crippen LogP contribution in [0.4, 0.5) is 0 Å². The molecule has 0 atom stereocenters. The third-order valence-corrected chi connectivity index (χ3v) is 2.99. The number of ether oxygens (including phenoxy) is 3. The Morgan fingerprint density at radius 1 is 1.19 bits per heavy atom. The van der Waals surface area contributed by atoms with Crippen LogP contribution in [0.15, 0.2) is 18.2 Å². The van der Waals surface area contributed by atoms with E-state index in [0.29, 0.717) is 23.8 Å². The van der Waals surface area contributed by atoms with Gasteiger partial charge in [0.25, 0.3) is 0 Å². The summed E-state index contributed by atoms with van der Waals surface area (Å²) in [4.78, 5) is 10.9. The van der Waals surface area contributed by atoms with E-state index in [9.17, 15) is 4.79 Å². The van der Waals surface area contributed by atoms with E-state index in [1.54, 1.807) is 26.4 Å². The minimum Gasteiger partial charge on any atom is -0.493 e. The molecule has 2 rings (SSSR count). The van der Waals surface area contributed by atoms with Gasteiger partial charge in [0.15, 0.2) is 11.5 Å². The average molecular weight is 292 g/mol. The molecule has 0 saturated carbocycles. The van der Waals surface area contributed by atoms with E-state index in [1.807, 2.05) is 0 Å². The van der Waals surface area contributed by atoms with E-state index in [0.717, 1.165) is 11.1 Å². The summed E-state index contributed by atoms with van der Waals surface area (Å²) in [6, 6.07) is 4.99. The molecule has 2 aromatic rings. The Morgan fingerprint density at radius 3 is 2.38 bits per heavy atom. The number of benzene rings is 1. The Balaban J connectivity index is 2.55. The zero-order valence-corrected chi connectivity index (χ0v) is 12.0. The Kier molecular flexibility index (Phi) is 4.44. The number of aromatic carboxylic acids is 1. The third-order valence-electron chi connectivity index (χ3n) is 2.99. The predicted molar refractivity (Wildman–Crippen MR) is 74.8 cm³/mol. The van der Waals surface area contributed by atoms with Gasteiger partial charge in [-0.05, 0) is 23.8 Å². The number of hydrogen-bond acceptors (Lipinski definition) is 5. The molecule has 0 bridgehead atoms. The van der Waals surface area contributed by atoms with Crippen molar-refractivity contribution in [3.63, 3.8) is 0 Å². The maximum atomic E-state index is 10.9. The van der Waals surface area contributed by atoms with Crippen molar-refractivity contribution in [2.75, 3.05) is 21.3 Å². The topological polar surface area (TPSA) is 93.7 Å². The molecule has 21 heavy (non-hydrogen) atoms. The number of carbonyl (C=O) groups is 1. The van der Waals surface area contributed by atoms with Crippen LogP contribution in [0.1, 0.15) is 16.1 Å². The predicted octanol–water partition coefficient (Wildman–Crippen LogP) is 1.94. The largest absolute Gasteiger partial charge is 0.493 e. The van der Waals surface area contributed by atoms with Crippen LogP contribution in [0.3, 0.4) is 0 Å². The fraction of sp³-hybridized carbons (Fsp3) is 0.286. The zero-order chi connectivity index (χ0) is 15.4.